The molecule has 0 fully saturated rings. The molecule has 7 heteroatoms. The van der Waals surface area contributed by atoms with Crippen molar-refractivity contribution in [2.24, 2.45) is 5.73 Å². The molecule has 0 spiro atoms. The van der Waals surface area contributed by atoms with Crippen LogP contribution in [0.15, 0.2) is 66.7 Å². The molecule has 0 bridgehead atoms. The third-order valence-electron chi connectivity index (χ3n) is 5.62. The number of fused-ring (bicyclic) bond motifs is 1. The second kappa shape index (κ2) is 9.65. The minimum absolute atomic E-state index is 0.0116. The first-order chi connectivity index (χ1) is 15.9. The van der Waals surface area contributed by atoms with Crippen molar-refractivity contribution < 1.29 is 19.4 Å². The number of carboxylic acids is 1. The van der Waals surface area contributed by atoms with Gasteiger partial charge in [-0.1, -0.05) is 24.3 Å². The van der Waals surface area contributed by atoms with Crippen LogP contribution in [-0.2, 0) is 17.6 Å². The third-order valence-corrected chi connectivity index (χ3v) is 5.62. The fourth-order valence-corrected chi connectivity index (χ4v) is 4.07. The van der Waals surface area contributed by atoms with Gasteiger partial charge in [0.05, 0.1) is 6.61 Å². The lowest BCUT2D eigenvalue weighted by molar-refractivity contribution is -0.138. The quantitative estimate of drug-likeness (QED) is 0.290. The fraction of sp³-hybridized carbons (Fsp3) is 0.231. The number of ether oxygens (including phenoxy) is 2. The van der Waals surface area contributed by atoms with Crippen molar-refractivity contribution in [3.8, 4) is 11.5 Å². The molecule has 5 N–H and O–H groups in total. The predicted octanol–water partition coefficient (Wildman–Crippen LogP) is 4.15. The van der Waals surface area contributed by atoms with Crippen molar-refractivity contribution in [3.05, 3.63) is 89.0 Å². The van der Waals surface area contributed by atoms with Crippen LogP contribution in [0.3, 0.4) is 0 Å². The summed E-state index contributed by atoms with van der Waals surface area (Å²) in [6.45, 7) is 2.33. The molecule has 0 amide bonds. The average molecular weight is 446 g/mol. The minimum Gasteiger partial charge on any atom is -0.494 e. The molecule has 170 valence electrons. The zero-order valence-electron chi connectivity index (χ0n) is 18.4. The maximum absolute atomic E-state index is 12.2. The molecule has 33 heavy (non-hydrogen) atoms. The zero-order valence-corrected chi connectivity index (χ0v) is 18.4. The minimum atomic E-state index is -1.03. The first-order valence-corrected chi connectivity index (χ1v) is 10.9. The molecule has 0 radical (unpaired) electrons. The smallest absolute Gasteiger partial charge is 0.330 e. The first-order valence-electron chi connectivity index (χ1n) is 10.9. The molecule has 0 aliphatic heterocycles. The number of nitrogens with two attached hydrogens (primary N) is 1. The Morgan fingerprint density at radius 2 is 1.73 bits per heavy atom. The van der Waals surface area contributed by atoms with Gasteiger partial charge in [0.25, 0.3) is 0 Å². The maximum Gasteiger partial charge on any atom is 0.330 e. The third kappa shape index (κ3) is 5.26. The molecule has 1 aliphatic rings. The van der Waals surface area contributed by atoms with Gasteiger partial charge in [-0.15, -0.1) is 0 Å². The summed E-state index contributed by atoms with van der Waals surface area (Å²) in [7, 11) is 0. The number of hydrogen-bond acceptors (Lipinski definition) is 5. The van der Waals surface area contributed by atoms with Crippen LogP contribution in [0, 0.1) is 5.41 Å². The number of benzene rings is 3. The highest BCUT2D eigenvalue weighted by atomic mass is 16.5. The van der Waals surface area contributed by atoms with Crippen molar-refractivity contribution >= 4 is 17.5 Å². The van der Waals surface area contributed by atoms with E-state index in [-0.39, 0.29) is 11.9 Å². The lowest BCUT2D eigenvalue weighted by atomic mass is 10.0. The Balaban J connectivity index is 1.58. The predicted molar refractivity (Wildman–Crippen MR) is 127 cm³/mol. The summed E-state index contributed by atoms with van der Waals surface area (Å²) in [5.41, 5.74) is 9.75. The molecule has 0 aromatic heterocycles. The van der Waals surface area contributed by atoms with Crippen LogP contribution in [-0.4, -0.2) is 29.6 Å². The highest BCUT2D eigenvalue weighted by molar-refractivity contribution is 5.95. The average Bonchev–Trinajstić information content (AvgIpc) is 3.20. The van der Waals surface area contributed by atoms with Gasteiger partial charge in [-0.05, 0) is 60.0 Å². The molecular weight excluding hydrogens is 418 g/mol. The Hall–Kier alpha value is -4.00. The summed E-state index contributed by atoms with van der Waals surface area (Å²) in [5.74, 6) is 0.0596. The Morgan fingerprint density at radius 3 is 2.30 bits per heavy atom. The Labute approximate surface area is 192 Å². The van der Waals surface area contributed by atoms with E-state index in [0.717, 1.165) is 12.8 Å². The van der Waals surface area contributed by atoms with Crippen molar-refractivity contribution in [1.82, 2.24) is 0 Å². The standard InChI is InChI=1S/C26H27N3O4/c1-2-32-21-13-19(24(26(30)31)29-20-9-7-16(8-10-20)25(27)28)14-23(15-21)33-22-11-17-5-3-4-6-18(17)12-22/h3-10,13-15,22,24,29H,2,11-12H2,1H3,(H3,27,28)(H,30,31)/t24-/m1/s1. The molecular formula is C26H27N3O4. The normalized spacial score (nSPS) is 13.7. The van der Waals surface area contributed by atoms with E-state index in [9.17, 15) is 9.90 Å². The van der Waals surface area contributed by atoms with E-state index >= 15 is 0 Å². The van der Waals surface area contributed by atoms with Crippen LogP contribution >= 0.6 is 0 Å². The second-order valence-corrected chi connectivity index (χ2v) is 7.99. The lowest BCUT2D eigenvalue weighted by Gasteiger charge is -2.20. The van der Waals surface area contributed by atoms with Crippen molar-refractivity contribution in [3.63, 3.8) is 0 Å². The van der Waals surface area contributed by atoms with Gasteiger partial charge in [0.1, 0.15) is 23.4 Å². The van der Waals surface area contributed by atoms with Gasteiger partial charge in [0.2, 0.25) is 0 Å². The second-order valence-electron chi connectivity index (χ2n) is 7.99. The number of amidine groups is 1. The Bertz CT molecular complexity index is 1140. The molecule has 0 heterocycles. The van der Waals surface area contributed by atoms with Crippen molar-refractivity contribution in [2.75, 3.05) is 11.9 Å². The SMILES string of the molecule is CCOc1cc(OC2Cc3ccccc3C2)cc([C@@H](Nc2ccc(C(=N)N)cc2)C(=O)O)c1. The summed E-state index contributed by atoms with van der Waals surface area (Å²) in [6.07, 6.45) is 1.61. The summed E-state index contributed by atoms with van der Waals surface area (Å²) < 4.78 is 12.0. The molecule has 0 saturated heterocycles. The van der Waals surface area contributed by atoms with Crippen molar-refractivity contribution in [1.29, 1.82) is 5.41 Å². The molecule has 3 aromatic rings. The number of carboxylic acid groups (broad SMARTS) is 1. The highest BCUT2D eigenvalue weighted by Crippen LogP contribution is 2.32. The van der Waals surface area contributed by atoms with Gasteiger partial charge in [-0.3, -0.25) is 5.41 Å². The van der Waals surface area contributed by atoms with Gasteiger partial charge in [-0.25, -0.2) is 4.79 Å². The van der Waals surface area contributed by atoms with Crippen LogP contribution in [0.4, 0.5) is 5.69 Å². The van der Waals surface area contributed by atoms with Crippen LogP contribution in [0.2, 0.25) is 0 Å². The largest absolute Gasteiger partial charge is 0.494 e. The molecule has 1 atom stereocenters. The number of carbonyl (C=O) groups is 1. The van der Waals surface area contributed by atoms with Gasteiger partial charge in [0.15, 0.2) is 6.04 Å². The molecule has 1 aliphatic carbocycles. The van der Waals surface area contributed by atoms with Gasteiger partial charge in [-0.2, -0.15) is 0 Å². The fourth-order valence-electron chi connectivity index (χ4n) is 4.07. The number of nitrogens with one attached hydrogen (secondary N) is 2. The van der Waals surface area contributed by atoms with E-state index < -0.39 is 12.0 Å². The number of aliphatic carboxylic acids is 1. The zero-order chi connectivity index (χ0) is 23.4. The summed E-state index contributed by atoms with van der Waals surface area (Å²) in [6, 6.07) is 19.3. The lowest BCUT2D eigenvalue weighted by Crippen LogP contribution is -2.21. The maximum atomic E-state index is 12.2. The molecule has 3 aromatic carbocycles. The Kier molecular flexibility index (Phi) is 6.49. The summed E-state index contributed by atoms with van der Waals surface area (Å²) in [4.78, 5) is 12.2. The molecule has 7 nitrogen and oxygen atoms in total. The topological polar surface area (TPSA) is 118 Å². The molecule has 0 unspecified atom stereocenters. The van der Waals surface area contributed by atoms with Gasteiger partial charge < -0.3 is 25.6 Å². The van der Waals surface area contributed by atoms with Gasteiger partial charge in [0, 0.05) is 30.2 Å². The first kappa shape index (κ1) is 22.2. The van der Waals surface area contributed by atoms with E-state index in [0.29, 0.717) is 34.9 Å². The van der Waals surface area contributed by atoms with Crippen LogP contribution in [0.25, 0.3) is 0 Å². The summed E-state index contributed by atoms with van der Waals surface area (Å²) in [5, 5.41) is 20.5. The van der Waals surface area contributed by atoms with E-state index in [2.05, 4.69) is 17.4 Å². The van der Waals surface area contributed by atoms with Crippen LogP contribution in [0.5, 0.6) is 11.5 Å². The molecule has 4 rings (SSSR count). The van der Waals surface area contributed by atoms with Crippen LogP contribution < -0.4 is 20.5 Å². The van der Waals surface area contributed by atoms with E-state index in [4.69, 9.17) is 20.6 Å². The highest BCUT2D eigenvalue weighted by Gasteiger charge is 2.25. The number of rotatable bonds is 9. The molecule has 0 saturated carbocycles. The van der Waals surface area contributed by atoms with Gasteiger partial charge >= 0.3 is 5.97 Å². The number of anilines is 1. The summed E-state index contributed by atoms with van der Waals surface area (Å²) >= 11 is 0. The number of hydrogen-bond donors (Lipinski definition) is 4. The van der Waals surface area contributed by atoms with Crippen LogP contribution in [0.1, 0.15) is 35.2 Å². The van der Waals surface area contributed by atoms with E-state index in [1.807, 2.05) is 19.1 Å². The monoisotopic (exact) mass is 445 g/mol. The van der Waals surface area contributed by atoms with E-state index in [1.165, 1.54) is 11.1 Å². The van der Waals surface area contributed by atoms with Crippen molar-refractivity contribution in [2.45, 2.75) is 31.9 Å². The Morgan fingerprint density at radius 1 is 1.09 bits per heavy atom. The number of nitrogen functional groups attached to an aromatic ring is 1. The van der Waals surface area contributed by atoms with E-state index in [1.54, 1.807) is 42.5 Å².